The Hall–Kier alpha value is -3.26. The summed E-state index contributed by atoms with van der Waals surface area (Å²) in [5.74, 6) is 2.36. The highest BCUT2D eigenvalue weighted by Crippen LogP contribution is 2.34. The van der Waals surface area contributed by atoms with E-state index < -0.39 is 0 Å². The van der Waals surface area contributed by atoms with Crippen molar-refractivity contribution in [3.63, 3.8) is 0 Å². The van der Waals surface area contributed by atoms with E-state index in [4.69, 9.17) is 9.47 Å². The second-order valence-electron chi connectivity index (χ2n) is 8.30. The van der Waals surface area contributed by atoms with Crippen molar-refractivity contribution >= 4 is 23.5 Å². The van der Waals surface area contributed by atoms with E-state index in [1.54, 1.807) is 38.4 Å². The summed E-state index contributed by atoms with van der Waals surface area (Å²) in [6.45, 7) is 4.06. The molecule has 7 nitrogen and oxygen atoms in total. The number of nitrogens with zero attached hydrogens (tertiary/aromatic N) is 3. The Labute approximate surface area is 204 Å². The number of anilines is 1. The maximum absolute atomic E-state index is 12.8. The van der Waals surface area contributed by atoms with Gasteiger partial charge in [0.15, 0.2) is 5.82 Å². The van der Waals surface area contributed by atoms with Crippen LogP contribution in [0.25, 0.3) is 0 Å². The van der Waals surface area contributed by atoms with E-state index in [1.165, 1.54) is 5.56 Å². The summed E-state index contributed by atoms with van der Waals surface area (Å²) in [6, 6.07) is 14.0. The first-order chi connectivity index (χ1) is 16.6. The van der Waals surface area contributed by atoms with Crippen LogP contribution in [0, 0.1) is 12.8 Å². The Morgan fingerprint density at radius 2 is 1.68 bits per heavy atom. The number of carbonyl (C=O) groups excluding carboxylic acids is 1. The molecular formula is C26H30N4O3S. The van der Waals surface area contributed by atoms with Crippen LogP contribution in [-0.2, 0) is 11.3 Å². The number of aryl methyl sites for hydroxylation is 1. The lowest BCUT2D eigenvalue weighted by Gasteiger charge is -2.32. The van der Waals surface area contributed by atoms with Crippen LogP contribution in [0.1, 0.15) is 24.0 Å². The van der Waals surface area contributed by atoms with E-state index in [0.29, 0.717) is 18.0 Å². The highest BCUT2D eigenvalue weighted by Gasteiger charge is 2.27. The largest absolute Gasteiger partial charge is 0.497 e. The van der Waals surface area contributed by atoms with Crippen molar-refractivity contribution in [1.82, 2.24) is 15.3 Å². The van der Waals surface area contributed by atoms with Crippen molar-refractivity contribution in [2.24, 2.45) is 5.92 Å². The highest BCUT2D eigenvalue weighted by atomic mass is 32.2. The number of piperidine rings is 1. The predicted octanol–water partition coefficient (Wildman–Crippen LogP) is 4.49. The molecule has 1 aromatic heterocycles. The molecule has 1 aliphatic heterocycles. The average Bonchev–Trinajstić information content (AvgIpc) is 2.88. The number of benzene rings is 2. The molecule has 1 aliphatic rings. The van der Waals surface area contributed by atoms with Crippen molar-refractivity contribution < 1.29 is 14.3 Å². The molecular weight excluding hydrogens is 448 g/mol. The van der Waals surface area contributed by atoms with Gasteiger partial charge < -0.3 is 19.7 Å². The van der Waals surface area contributed by atoms with Gasteiger partial charge in [0.1, 0.15) is 16.5 Å². The number of methoxy groups -OCH3 is 2. The molecule has 1 N–H and O–H groups in total. The monoisotopic (exact) mass is 478 g/mol. The molecule has 0 spiro atoms. The number of hydrogen-bond donors (Lipinski definition) is 1. The molecule has 3 aromatic rings. The van der Waals surface area contributed by atoms with E-state index in [1.807, 2.05) is 18.2 Å². The van der Waals surface area contributed by atoms with Crippen LogP contribution in [-0.4, -0.2) is 43.2 Å². The third-order valence-electron chi connectivity index (χ3n) is 5.93. The number of rotatable bonds is 8. The van der Waals surface area contributed by atoms with Crippen molar-refractivity contribution in [2.75, 3.05) is 32.2 Å². The predicted molar refractivity (Wildman–Crippen MR) is 134 cm³/mol. The van der Waals surface area contributed by atoms with E-state index in [-0.39, 0.29) is 11.8 Å². The summed E-state index contributed by atoms with van der Waals surface area (Å²) < 4.78 is 10.6. The lowest BCUT2D eigenvalue weighted by atomic mass is 9.96. The van der Waals surface area contributed by atoms with Crippen molar-refractivity contribution in [1.29, 1.82) is 0 Å². The van der Waals surface area contributed by atoms with Crippen LogP contribution in [0.15, 0.2) is 64.8 Å². The van der Waals surface area contributed by atoms with Gasteiger partial charge in [0.05, 0.1) is 14.2 Å². The Morgan fingerprint density at radius 3 is 2.32 bits per heavy atom. The lowest BCUT2D eigenvalue weighted by molar-refractivity contribution is -0.125. The van der Waals surface area contributed by atoms with Crippen molar-refractivity contribution in [2.45, 2.75) is 36.2 Å². The summed E-state index contributed by atoms with van der Waals surface area (Å²) in [4.78, 5) is 25.4. The Bertz CT molecular complexity index is 1090. The van der Waals surface area contributed by atoms with Gasteiger partial charge in [-0.2, -0.15) is 0 Å². The molecule has 4 rings (SSSR count). The normalized spacial score (nSPS) is 14.0. The summed E-state index contributed by atoms with van der Waals surface area (Å²) in [5.41, 5.74) is 2.17. The quantitative estimate of drug-likeness (QED) is 0.511. The Balaban J connectivity index is 1.34. The molecule has 2 heterocycles. The minimum absolute atomic E-state index is 0.0198. The molecule has 0 unspecified atom stereocenters. The molecule has 0 saturated carbocycles. The zero-order valence-electron chi connectivity index (χ0n) is 19.8. The molecule has 1 saturated heterocycles. The van der Waals surface area contributed by atoms with Gasteiger partial charge in [-0.05, 0) is 49.6 Å². The zero-order chi connectivity index (χ0) is 23.9. The van der Waals surface area contributed by atoms with Gasteiger partial charge in [0.25, 0.3) is 0 Å². The summed E-state index contributed by atoms with van der Waals surface area (Å²) in [5, 5.41) is 3.96. The second kappa shape index (κ2) is 11.2. The standard InChI is InChI=1S/C26H30N4O3S/c1-18-4-6-23(7-5-18)34-26-24(27-10-11-28-26)30-12-8-20(9-13-30)25(31)29-17-19-14-21(32-2)16-22(15-19)33-3/h4-7,10-11,14-16,20H,8-9,12-13,17H2,1-3H3,(H,29,31). The fourth-order valence-electron chi connectivity index (χ4n) is 3.98. The number of hydrogen-bond acceptors (Lipinski definition) is 7. The third-order valence-corrected chi connectivity index (χ3v) is 6.91. The number of carbonyl (C=O) groups is 1. The number of aromatic nitrogens is 2. The first-order valence-corrected chi connectivity index (χ1v) is 12.2. The van der Waals surface area contributed by atoms with E-state index in [9.17, 15) is 4.79 Å². The van der Waals surface area contributed by atoms with Crippen LogP contribution in [0.5, 0.6) is 11.5 Å². The van der Waals surface area contributed by atoms with E-state index in [0.717, 1.165) is 47.2 Å². The molecule has 0 atom stereocenters. The van der Waals surface area contributed by atoms with Crippen LogP contribution < -0.4 is 19.7 Å². The molecule has 2 aromatic carbocycles. The third kappa shape index (κ3) is 5.99. The van der Waals surface area contributed by atoms with Gasteiger partial charge in [-0.3, -0.25) is 4.79 Å². The molecule has 1 fully saturated rings. The maximum atomic E-state index is 12.8. The number of amides is 1. The molecule has 1 amide bonds. The van der Waals surface area contributed by atoms with Crippen LogP contribution in [0.3, 0.4) is 0 Å². The van der Waals surface area contributed by atoms with Crippen LogP contribution >= 0.6 is 11.8 Å². The fraction of sp³-hybridized carbons (Fsp3) is 0.346. The van der Waals surface area contributed by atoms with Crippen molar-refractivity contribution in [3.8, 4) is 11.5 Å². The minimum atomic E-state index is -0.0198. The maximum Gasteiger partial charge on any atom is 0.223 e. The average molecular weight is 479 g/mol. The Morgan fingerprint density at radius 1 is 1.03 bits per heavy atom. The summed E-state index contributed by atoms with van der Waals surface area (Å²) in [7, 11) is 3.24. The molecule has 0 aliphatic carbocycles. The Kier molecular flexibility index (Phi) is 7.90. The van der Waals surface area contributed by atoms with Crippen LogP contribution in [0.2, 0.25) is 0 Å². The van der Waals surface area contributed by atoms with Gasteiger partial charge >= 0.3 is 0 Å². The van der Waals surface area contributed by atoms with Gasteiger partial charge in [-0.25, -0.2) is 9.97 Å². The van der Waals surface area contributed by atoms with Gasteiger partial charge in [0.2, 0.25) is 5.91 Å². The highest BCUT2D eigenvalue weighted by molar-refractivity contribution is 7.99. The van der Waals surface area contributed by atoms with Gasteiger partial charge in [-0.15, -0.1) is 0 Å². The van der Waals surface area contributed by atoms with Crippen LogP contribution in [0.4, 0.5) is 5.82 Å². The summed E-state index contributed by atoms with van der Waals surface area (Å²) in [6.07, 6.45) is 5.01. The first-order valence-electron chi connectivity index (χ1n) is 11.4. The van der Waals surface area contributed by atoms with E-state index in [2.05, 4.69) is 51.4 Å². The fourth-order valence-corrected chi connectivity index (χ4v) is 4.86. The van der Waals surface area contributed by atoms with Gasteiger partial charge in [0, 0.05) is 48.9 Å². The zero-order valence-corrected chi connectivity index (χ0v) is 20.6. The SMILES string of the molecule is COc1cc(CNC(=O)C2CCN(c3nccnc3Sc3ccc(C)cc3)CC2)cc(OC)c1. The second-order valence-corrected chi connectivity index (χ2v) is 9.36. The smallest absolute Gasteiger partial charge is 0.223 e. The van der Waals surface area contributed by atoms with Gasteiger partial charge in [-0.1, -0.05) is 29.5 Å². The topological polar surface area (TPSA) is 76.6 Å². The first kappa shape index (κ1) is 23.9. The summed E-state index contributed by atoms with van der Waals surface area (Å²) >= 11 is 1.62. The lowest BCUT2D eigenvalue weighted by Crippen LogP contribution is -2.41. The molecule has 8 heteroatoms. The molecule has 0 radical (unpaired) electrons. The van der Waals surface area contributed by atoms with Crippen molar-refractivity contribution in [3.05, 3.63) is 66.0 Å². The number of ether oxygens (including phenoxy) is 2. The molecule has 34 heavy (non-hydrogen) atoms. The minimum Gasteiger partial charge on any atom is -0.497 e. The van der Waals surface area contributed by atoms with E-state index >= 15 is 0 Å². The molecule has 178 valence electrons. The molecule has 0 bridgehead atoms. The number of nitrogens with one attached hydrogen (secondary N) is 1.